The molecule has 1 unspecified atom stereocenters. The fraction of sp³-hybridized carbons (Fsp3) is 0.727. The van der Waals surface area contributed by atoms with Crippen LogP contribution in [0.3, 0.4) is 0 Å². The Hall–Kier alpha value is -0.620. The van der Waals surface area contributed by atoms with Crippen molar-refractivity contribution in [3.63, 3.8) is 0 Å². The van der Waals surface area contributed by atoms with Crippen LogP contribution in [0.1, 0.15) is 33.1 Å². The molecule has 0 spiro atoms. The first kappa shape index (κ1) is 11.5. The van der Waals surface area contributed by atoms with E-state index in [1.54, 1.807) is 11.8 Å². The van der Waals surface area contributed by atoms with Crippen LogP contribution >= 0.6 is 11.8 Å². The van der Waals surface area contributed by atoms with Gasteiger partial charge in [-0.25, -0.2) is 0 Å². The van der Waals surface area contributed by atoms with Gasteiger partial charge in [0, 0.05) is 13.0 Å². The van der Waals surface area contributed by atoms with Gasteiger partial charge in [0.05, 0.1) is 4.75 Å². The van der Waals surface area contributed by atoms with Crippen LogP contribution < -0.4 is 5.32 Å². The molecule has 1 fully saturated rings. The molecule has 1 rings (SSSR count). The Morgan fingerprint density at radius 2 is 2.43 bits per heavy atom. The first-order chi connectivity index (χ1) is 6.69. The lowest BCUT2D eigenvalue weighted by Crippen LogP contribution is -2.40. The molecule has 1 atom stereocenters. The smallest absolute Gasteiger partial charge is 0.235 e. The van der Waals surface area contributed by atoms with E-state index in [9.17, 15) is 4.79 Å². The van der Waals surface area contributed by atoms with Crippen molar-refractivity contribution in [2.24, 2.45) is 0 Å². The topological polar surface area (TPSA) is 29.1 Å². The Labute approximate surface area is 90.2 Å². The number of thioether (sulfide) groups is 1. The van der Waals surface area contributed by atoms with E-state index in [0.717, 1.165) is 25.0 Å². The lowest BCUT2D eigenvalue weighted by atomic mass is 10.1. The third kappa shape index (κ3) is 2.95. The van der Waals surface area contributed by atoms with E-state index in [-0.39, 0.29) is 10.7 Å². The number of amides is 1. The average molecular weight is 211 g/mol. The molecule has 0 bridgehead atoms. The molecule has 2 nitrogen and oxygen atoms in total. The molecule has 0 saturated carbocycles. The van der Waals surface area contributed by atoms with E-state index < -0.39 is 0 Å². The van der Waals surface area contributed by atoms with Gasteiger partial charge in [-0.2, -0.15) is 0 Å². The minimum atomic E-state index is -0.181. The molecule has 1 heterocycles. The number of rotatable bonds is 3. The minimum absolute atomic E-state index is 0.179. The van der Waals surface area contributed by atoms with E-state index in [1.165, 1.54) is 0 Å². The third-order valence-corrected chi connectivity index (χ3v) is 3.93. The van der Waals surface area contributed by atoms with Crippen LogP contribution in [0.25, 0.3) is 0 Å². The number of carbonyl (C=O) groups excluding carboxylic acids is 1. The summed E-state index contributed by atoms with van der Waals surface area (Å²) in [6, 6.07) is 0. The van der Waals surface area contributed by atoms with E-state index in [0.29, 0.717) is 6.54 Å². The number of carbonyl (C=O) groups is 1. The Morgan fingerprint density at radius 3 is 3.00 bits per heavy atom. The van der Waals surface area contributed by atoms with Crippen molar-refractivity contribution in [2.45, 2.75) is 37.9 Å². The van der Waals surface area contributed by atoms with Crippen LogP contribution in [-0.4, -0.2) is 23.0 Å². The van der Waals surface area contributed by atoms with Gasteiger partial charge in [-0.1, -0.05) is 0 Å². The minimum Gasteiger partial charge on any atom is -0.354 e. The summed E-state index contributed by atoms with van der Waals surface area (Å²) >= 11 is 1.77. The molecule has 0 aromatic carbocycles. The van der Waals surface area contributed by atoms with Crippen molar-refractivity contribution < 1.29 is 4.79 Å². The summed E-state index contributed by atoms with van der Waals surface area (Å²) in [6.07, 6.45) is 2.91. The van der Waals surface area contributed by atoms with Crippen molar-refractivity contribution >= 4 is 17.7 Å². The van der Waals surface area contributed by atoms with Crippen LogP contribution in [0.2, 0.25) is 0 Å². The largest absolute Gasteiger partial charge is 0.354 e. The second-order valence-electron chi connectivity index (χ2n) is 3.62. The first-order valence-electron chi connectivity index (χ1n) is 5.01. The third-order valence-electron chi connectivity index (χ3n) is 2.41. The first-order valence-corrected chi connectivity index (χ1v) is 5.99. The van der Waals surface area contributed by atoms with Crippen LogP contribution in [0, 0.1) is 11.8 Å². The highest BCUT2D eigenvalue weighted by atomic mass is 32.2. The standard InChI is InChI=1S/C11H17NOS/c1-3-4-5-8-12-10(13)11(2)7-6-9-14-11/h5-9H2,1-2H3,(H,12,13). The Bertz CT molecular complexity index is 258. The van der Waals surface area contributed by atoms with Gasteiger partial charge in [0.1, 0.15) is 0 Å². The molecule has 0 aliphatic carbocycles. The SMILES string of the molecule is CC#CCCNC(=O)C1(C)CCCS1. The van der Waals surface area contributed by atoms with Crippen molar-refractivity contribution in [2.75, 3.05) is 12.3 Å². The predicted molar refractivity (Wildman–Crippen MR) is 61.2 cm³/mol. The molecule has 1 aliphatic rings. The maximum atomic E-state index is 11.8. The normalized spacial score (nSPS) is 25.3. The zero-order chi connectivity index (χ0) is 10.4. The quantitative estimate of drug-likeness (QED) is 0.570. The molecule has 1 amide bonds. The molecular formula is C11H17NOS. The van der Waals surface area contributed by atoms with Gasteiger partial charge in [0.25, 0.3) is 0 Å². The summed E-state index contributed by atoms with van der Waals surface area (Å²) in [5.41, 5.74) is 0. The summed E-state index contributed by atoms with van der Waals surface area (Å²) in [5, 5.41) is 2.94. The monoisotopic (exact) mass is 211 g/mol. The second-order valence-corrected chi connectivity index (χ2v) is 5.21. The highest BCUT2D eigenvalue weighted by Gasteiger charge is 2.36. The van der Waals surface area contributed by atoms with E-state index in [2.05, 4.69) is 17.2 Å². The molecule has 0 radical (unpaired) electrons. The van der Waals surface area contributed by atoms with Gasteiger partial charge in [0.15, 0.2) is 0 Å². The molecular weight excluding hydrogens is 194 g/mol. The van der Waals surface area contributed by atoms with Crippen LogP contribution in [-0.2, 0) is 4.79 Å². The predicted octanol–water partition coefficient (Wildman–Crippen LogP) is 1.80. The maximum Gasteiger partial charge on any atom is 0.235 e. The van der Waals surface area contributed by atoms with Crippen LogP contribution in [0.5, 0.6) is 0 Å². The molecule has 78 valence electrons. The molecule has 1 saturated heterocycles. The van der Waals surface area contributed by atoms with E-state index in [4.69, 9.17) is 0 Å². The number of hydrogen-bond acceptors (Lipinski definition) is 2. The summed E-state index contributed by atoms with van der Waals surface area (Å²) in [6.45, 7) is 4.53. The summed E-state index contributed by atoms with van der Waals surface area (Å²) in [7, 11) is 0. The lowest BCUT2D eigenvalue weighted by molar-refractivity contribution is -0.123. The van der Waals surface area contributed by atoms with Crippen molar-refractivity contribution in [1.82, 2.24) is 5.32 Å². The molecule has 0 aromatic rings. The highest BCUT2D eigenvalue weighted by molar-refractivity contribution is 8.01. The van der Waals surface area contributed by atoms with E-state index in [1.807, 2.05) is 13.8 Å². The average Bonchev–Trinajstić information content (AvgIpc) is 2.61. The molecule has 1 N–H and O–H groups in total. The van der Waals surface area contributed by atoms with Gasteiger partial charge in [-0.3, -0.25) is 4.79 Å². The highest BCUT2D eigenvalue weighted by Crippen LogP contribution is 2.37. The van der Waals surface area contributed by atoms with Crippen molar-refractivity contribution in [3.05, 3.63) is 0 Å². The summed E-state index contributed by atoms with van der Waals surface area (Å²) in [4.78, 5) is 11.8. The summed E-state index contributed by atoms with van der Waals surface area (Å²) < 4.78 is -0.181. The van der Waals surface area contributed by atoms with Gasteiger partial charge in [0.2, 0.25) is 5.91 Å². The Kier molecular flexibility index (Phi) is 4.34. The Balaban J connectivity index is 2.29. The fourth-order valence-electron chi connectivity index (χ4n) is 1.51. The van der Waals surface area contributed by atoms with E-state index >= 15 is 0 Å². The molecule has 0 aromatic heterocycles. The molecule has 3 heteroatoms. The number of nitrogens with one attached hydrogen (secondary N) is 1. The molecule has 14 heavy (non-hydrogen) atoms. The lowest BCUT2D eigenvalue weighted by Gasteiger charge is -2.20. The zero-order valence-corrected chi connectivity index (χ0v) is 9.67. The van der Waals surface area contributed by atoms with Gasteiger partial charge in [-0.15, -0.1) is 23.6 Å². The fourth-order valence-corrected chi connectivity index (χ4v) is 2.74. The van der Waals surface area contributed by atoms with Crippen molar-refractivity contribution in [3.8, 4) is 11.8 Å². The van der Waals surface area contributed by atoms with Crippen LogP contribution in [0.15, 0.2) is 0 Å². The number of hydrogen-bond donors (Lipinski definition) is 1. The zero-order valence-electron chi connectivity index (χ0n) is 8.85. The van der Waals surface area contributed by atoms with Gasteiger partial charge < -0.3 is 5.32 Å². The van der Waals surface area contributed by atoms with Crippen LogP contribution in [0.4, 0.5) is 0 Å². The van der Waals surface area contributed by atoms with Crippen molar-refractivity contribution in [1.29, 1.82) is 0 Å². The van der Waals surface area contributed by atoms with Gasteiger partial charge in [-0.05, 0) is 32.4 Å². The van der Waals surface area contributed by atoms with Gasteiger partial charge >= 0.3 is 0 Å². The summed E-state index contributed by atoms with van der Waals surface area (Å²) in [5.74, 6) is 7.04. The molecule has 1 aliphatic heterocycles. The maximum absolute atomic E-state index is 11.8. The second kappa shape index (κ2) is 5.31. The Morgan fingerprint density at radius 1 is 1.64 bits per heavy atom.